The standard InChI is InChI=1S/C25H19N3O4S2/c1-31-23(30)18-9-7-17(8-10-18)22(29)27-24(33)28-25-26-21(15-34-25)16-11-13-20(14-12-16)32-19-5-3-2-4-6-19/h2-15H,1H3,(H2,26,27,28,29,33). The summed E-state index contributed by atoms with van der Waals surface area (Å²) in [6, 6.07) is 23.2. The lowest BCUT2D eigenvalue weighted by molar-refractivity contribution is 0.0600. The number of benzene rings is 3. The molecule has 2 N–H and O–H groups in total. The summed E-state index contributed by atoms with van der Waals surface area (Å²) < 4.78 is 10.5. The number of carbonyl (C=O) groups excluding carboxylic acids is 2. The Morgan fingerprint density at radius 2 is 1.53 bits per heavy atom. The number of aromatic nitrogens is 1. The van der Waals surface area contributed by atoms with Crippen LogP contribution >= 0.6 is 23.6 Å². The summed E-state index contributed by atoms with van der Waals surface area (Å²) in [6.07, 6.45) is 0. The molecule has 1 amide bonds. The Balaban J connectivity index is 1.33. The number of nitrogens with one attached hydrogen (secondary N) is 2. The Morgan fingerprint density at radius 1 is 0.882 bits per heavy atom. The van der Waals surface area contributed by atoms with Gasteiger partial charge in [0.2, 0.25) is 0 Å². The second-order valence-electron chi connectivity index (χ2n) is 6.95. The number of rotatable bonds is 6. The fraction of sp³-hybridized carbons (Fsp3) is 0.0400. The maximum Gasteiger partial charge on any atom is 0.337 e. The number of nitrogens with zero attached hydrogens (tertiary/aromatic N) is 1. The van der Waals surface area contributed by atoms with Crippen LogP contribution in [0.3, 0.4) is 0 Å². The molecule has 0 unspecified atom stereocenters. The summed E-state index contributed by atoms with van der Waals surface area (Å²) in [7, 11) is 1.30. The highest BCUT2D eigenvalue weighted by Crippen LogP contribution is 2.28. The van der Waals surface area contributed by atoms with E-state index in [1.165, 1.54) is 42.7 Å². The van der Waals surface area contributed by atoms with Gasteiger partial charge in [0.05, 0.1) is 18.4 Å². The number of thiazole rings is 1. The molecule has 0 radical (unpaired) electrons. The normalized spacial score (nSPS) is 10.3. The molecule has 0 aliphatic rings. The van der Waals surface area contributed by atoms with E-state index in [1.807, 2.05) is 60.0 Å². The van der Waals surface area contributed by atoms with Crippen LogP contribution in [0.25, 0.3) is 11.3 Å². The quantitative estimate of drug-likeness (QED) is 0.272. The number of thiocarbonyl (C=S) groups is 1. The van der Waals surface area contributed by atoms with E-state index in [9.17, 15) is 9.59 Å². The van der Waals surface area contributed by atoms with Crippen LogP contribution in [0.2, 0.25) is 0 Å². The van der Waals surface area contributed by atoms with Gasteiger partial charge in [-0.25, -0.2) is 9.78 Å². The van der Waals surface area contributed by atoms with Gasteiger partial charge >= 0.3 is 5.97 Å². The molecule has 0 saturated heterocycles. The Hall–Kier alpha value is -4.08. The van der Waals surface area contributed by atoms with Crippen molar-refractivity contribution >= 4 is 45.7 Å². The Kier molecular flexibility index (Phi) is 7.26. The van der Waals surface area contributed by atoms with Crippen molar-refractivity contribution in [3.05, 3.63) is 95.4 Å². The number of ether oxygens (including phenoxy) is 2. The maximum absolute atomic E-state index is 12.4. The number of carbonyl (C=O) groups is 2. The molecule has 7 nitrogen and oxygen atoms in total. The number of hydrogen-bond acceptors (Lipinski definition) is 7. The first-order chi connectivity index (χ1) is 16.5. The second kappa shape index (κ2) is 10.7. The molecule has 0 fully saturated rings. The first-order valence-electron chi connectivity index (χ1n) is 10.1. The zero-order valence-electron chi connectivity index (χ0n) is 18.0. The van der Waals surface area contributed by atoms with Crippen LogP contribution in [0.1, 0.15) is 20.7 Å². The SMILES string of the molecule is COC(=O)c1ccc(C(=O)NC(=S)Nc2nc(-c3ccc(Oc4ccccc4)cc3)cs2)cc1. The van der Waals surface area contributed by atoms with Gasteiger partial charge in [-0.15, -0.1) is 11.3 Å². The summed E-state index contributed by atoms with van der Waals surface area (Å²) in [5.74, 6) is 0.624. The first-order valence-corrected chi connectivity index (χ1v) is 11.4. The fourth-order valence-electron chi connectivity index (χ4n) is 2.96. The largest absolute Gasteiger partial charge is 0.465 e. The molecular formula is C25H19N3O4S2. The lowest BCUT2D eigenvalue weighted by Crippen LogP contribution is -2.34. The van der Waals surface area contributed by atoms with Gasteiger partial charge in [-0.3, -0.25) is 10.1 Å². The summed E-state index contributed by atoms with van der Waals surface area (Å²) in [6.45, 7) is 0. The third kappa shape index (κ3) is 5.83. The molecule has 4 aromatic rings. The molecule has 4 rings (SSSR count). The maximum atomic E-state index is 12.4. The van der Waals surface area contributed by atoms with Crippen molar-refractivity contribution in [2.45, 2.75) is 0 Å². The lowest BCUT2D eigenvalue weighted by Gasteiger charge is -2.08. The van der Waals surface area contributed by atoms with Crippen molar-refractivity contribution in [1.82, 2.24) is 10.3 Å². The van der Waals surface area contributed by atoms with Crippen LogP contribution in [-0.2, 0) is 4.74 Å². The highest BCUT2D eigenvalue weighted by molar-refractivity contribution is 7.80. The van der Waals surface area contributed by atoms with Crippen molar-refractivity contribution in [2.24, 2.45) is 0 Å². The fourth-order valence-corrected chi connectivity index (χ4v) is 3.94. The van der Waals surface area contributed by atoms with E-state index in [0.29, 0.717) is 16.3 Å². The topological polar surface area (TPSA) is 89.6 Å². The summed E-state index contributed by atoms with van der Waals surface area (Å²) >= 11 is 6.60. The van der Waals surface area contributed by atoms with E-state index in [-0.39, 0.29) is 5.11 Å². The first kappa shape index (κ1) is 23.1. The molecule has 0 saturated carbocycles. The van der Waals surface area contributed by atoms with Crippen molar-refractivity contribution in [1.29, 1.82) is 0 Å². The average molecular weight is 490 g/mol. The number of esters is 1. The second-order valence-corrected chi connectivity index (χ2v) is 8.22. The lowest BCUT2D eigenvalue weighted by atomic mass is 10.1. The van der Waals surface area contributed by atoms with Crippen molar-refractivity contribution < 1.29 is 19.1 Å². The van der Waals surface area contributed by atoms with E-state index < -0.39 is 11.9 Å². The van der Waals surface area contributed by atoms with E-state index in [4.69, 9.17) is 17.0 Å². The number of methoxy groups -OCH3 is 1. The van der Waals surface area contributed by atoms with Crippen LogP contribution in [0.4, 0.5) is 5.13 Å². The van der Waals surface area contributed by atoms with E-state index in [1.54, 1.807) is 0 Å². The van der Waals surface area contributed by atoms with Gasteiger partial charge in [0.15, 0.2) is 10.2 Å². The molecule has 34 heavy (non-hydrogen) atoms. The van der Waals surface area contributed by atoms with Gasteiger partial charge in [0.1, 0.15) is 11.5 Å². The molecular weight excluding hydrogens is 470 g/mol. The van der Waals surface area contributed by atoms with Crippen molar-refractivity contribution in [3.8, 4) is 22.8 Å². The van der Waals surface area contributed by atoms with Crippen LogP contribution in [-0.4, -0.2) is 29.1 Å². The Bertz CT molecular complexity index is 1300. The van der Waals surface area contributed by atoms with E-state index in [0.717, 1.165) is 22.8 Å². The van der Waals surface area contributed by atoms with Crippen LogP contribution < -0.4 is 15.4 Å². The predicted molar refractivity (Wildman–Crippen MR) is 136 cm³/mol. The number of anilines is 1. The molecule has 0 aliphatic carbocycles. The molecule has 0 spiro atoms. The van der Waals surface area contributed by atoms with Gasteiger partial charge in [-0.05, 0) is 72.9 Å². The predicted octanol–water partition coefficient (Wildman–Crippen LogP) is 5.52. The number of para-hydroxylation sites is 1. The third-order valence-corrected chi connectivity index (χ3v) is 5.61. The van der Waals surface area contributed by atoms with E-state index >= 15 is 0 Å². The highest BCUT2D eigenvalue weighted by Gasteiger charge is 2.12. The average Bonchev–Trinajstić information content (AvgIpc) is 3.33. The van der Waals surface area contributed by atoms with Gasteiger partial charge in [0, 0.05) is 16.5 Å². The van der Waals surface area contributed by atoms with Crippen molar-refractivity contribution in [2.75, 3.05) is 12.4 Å². The zero-order valence-corrected chi connectivity index (χ0v) is 19.6. The minimum Gasteiger partial charge on any atom is -0.465 e. The summed E-state index contributed by atoms with van der Waals surface area (Å²) in [5, 5.41) is 8.09. The van der Waals surface area contributed by atoms with Gasteiger partial charge in [0.25, 0.3) is 5.91 Å². The minimum atomic E-state index is -0.470. The Morgan fingerprint density at radius 3 is 2.21 bits per heavy atom. The van der Waals surface area contributed by atoms with Gasteiger partial charge in [-0.1, -0.05) is 18.2 Å². The minimum absolute atomic E-state index is 0.120. The summed E-state index contributed by atoms with van der Waals surface area (Å²) in [5.41, 5.74) is 2.40. The van der Waals surface area contributed by atoms with Crippen LogP contribution in [0, 0.1) is 0 Å². The van der Waals surface area contributed by atoms with E-state index in [2.05, 4.69) is 20.4 Å². The molecule has 3 aromatic carbocycles. The van der Waals surface area contributed by atoms with Crippen LogP contribution in [0.5, 0.6) is 11.5 Å². The highest BCUT2D eigenvalue weighted by atomic mass is 32.1. The molecule has 0 atom stereocenters. The zero-order chi connectivity index (χ0) is 23.9. The molecule has 0 aliphatic heterocycles. The molecule has 170 valence electrons. The smallest absolute Gasteiger partial charge is 0.337 e. The van der Waals surface area contributed by atoms with Gasteiger partial charge < -0.3 is 14.8 Å². The van der Waals surface area contributed by atoms with Gasteiger partial charge in [-0.2, -0.15) is 0 Å². The number of amides is 1. The summed E-state index contributed by atoms with van der Waals surface area (Å²) in [4.78, 5) is 28.4. The molecule has 0 bridgehead atoms. The van der Waals surface area contributed by atoms with Crippen LogP contribution in [0.15, 0.2) is 84.2 Å². The third-order valence-electron chi connectivity index (χ3n) is 4.65. The monoisotopic (exact) mass is 489 g/mol. The number of hydrogen-bond donors (Lipinski definition) is 2. The molecule has 1 heterocycles. The Labute approximate surface area is 205 Å². The molecule has 1 aromatic heterocycles. The van der Waals surface area contributed by atoms with Crippen molar-refractivity contribution in [3.63, 3.8) is 0 Å². The molecule has 9 heteroatoms.